The Balaban J connectivity index is 2.59. The Morgan fingerprint density at radius 1 is 1.50 bits per heavy atom. The maximum atomic E-state index is 11.6. The predicted molar refractivity (Wildman–Crippen MR) is 61.3 cm³/mol. The molecule has 0 atom stereocenters. The first-order valence-electron chi connectivity index (χ1n) is 4.43. The van der Waals surface area contributed by atoms with Crippen LogP contribution >= 0.6 is 11.6 Å². The zero-order chi connectivity index (χ0) is 11.8. The molecule has 1 aromatic carbocycles. The summed E-state index contributed by atoms with van der Waals surface area (Å²) < 4.78 is 28.4. The average Bonchev–Trinajstić information content (AvgIpc) is 2.61. The Kier molecular flexibility index (Phi) is 2.73. The van der Waals surface area contributed by atoms with Gasteiger partial charge in [-0.1, -0.05) is 17.7 Å². The Morgan fingerprint density at radius 2 is 2.25 bits per heavy atom. The van der Waals surface area contributed by atoms with Crippen LogP contribution in [0.15, 0.2) is 40.5 Å². The Hall–Kier alpha value is -1.33. The zero-order valence-corrected chi connectivity index (χ0v) is 9.75. The first-order valence-corrected chi connectivity index (χ1v) is 6.46. The van der Waals surface area contributed by atoms with Crippen LogP contribution in [0.3, 0.4) is 0 Å². The van der Waals surface area contributed by atoms with Crippen molar-refractivity contribution in [2.75, 3.05) is 5.75 Å². The lowest BCUT2D eigenvalue weighted by Crippen LogP contribution is -2.04. The number of benzene rings is 1. The highest BCUT2D eigenvalue weighted by molar-refractivity contribution is 7.91. The third-order valence-electron chi connectivity index (χ3n) is 1.93. The monoisotopic (exact) mass is 257 g/mol. The number of rotatable bonds is 3. The molecule has 2 aromatic rings. The third-order valence-corrected chi connectivity index (χ3v) is 3.55. The minimum absolute atomic E-state index is 0.201. The molecule has 0 radical (unpaired) electrons. The van der Waals surface area contributed by atoms with Crippen LogP contribution in [-0.4, -0.2) is 19.2 Å². The Morgan fingerprint density at radius 3 is 2.94 bits per heavy atom. The summed E-state index contributed by atoms with van der Waals surface area (Å²) in [6.45, 7) is 3.37. The molecule has 0 bridgehead atoms. The molecule has 84 valence electrons. The summed E-state index contributed by atoms with van der Waals surface area (Å²) in [5, 5.41) is 0.168. The molecule has 2 rings (SSSR count). The van der Waals surface area contributed by atoms with Crippen molar-refractivity contribution in [2.45, 2.75) is 5.22 Å². The van der Waals surface area contributed by atoms with E-state index in [0.29, 0.717) is 16.1 Å². The summed E-state index contributed by atoms with van der Waals surface area (Å²) in [5.74, 6) is -0.201. The van der Waals surface area contributed by atoms with Gasteiger partial charge in [-0.2, -0.15) is 4.98 Å². The topological polar surface area (TPSA) is 60.2 Å². The van der Waals surface area contributed by atoms with Crippen LogP contribution in [0.4, 0.5) is 0 Å². The van der Waals surface area contributed by atoms with Crippen LogP contribution in [0.25, 0.3) is 11.1 Å². The lowest BCUT2D eigenvalue weighted by Gasteiger charge is -1.92. The molecular formula is C10H8ClNO3S. The largest absolute Gasteiger partial charge is 0.428 e. The van der Waals surface area contributed by atoms with Gasteiger partial charge in [0, 0.05) is 11.1 Å². The molecule has 6 heteroatoms. The first-order chi connectivity index (χ1) is 7.53. The molecule has 0 amide bonds. The van der Waals surface area contributed by atoms with E-state index < -0.39 is 9.84 Å². The lowest BCUT2D eigenvalue weighted by atomic mass is 10.3. The second-order valence-corrected chi connectivity index (χ2v) is 5.51. The van der Waals surface area contributed by atoms with Gasteiger partial charge in [-0.25, -0.2) is 8.42 Å². The van der Waals surface area contributed by atoms with Crippen LogP contribution in [0.1, 0.15) is 0 Å². The maximum absolute atomic E-state index is 11.6. The van der Waals surface area contributed by atoms with Gasteiger partial charge in [0.25, 0.3) is 0 Å². The van der Waals surface area contributed by atoms with Crippen LogP contribution in [0.2, 0.25) is 5.02 Å². The summed E-state index contributed by atoms with van der Waals surface area (Å²) in [6, 6.07) is 4.75. The van der Waals surface area contributed by atoms with Gasteiger partial charge >= 0.3 is 5.22 Å². The molecule has 0 aliphatic heterocycles. The van der Waals surface area contributed by atoms with Crippen molar-refractivity contribution in [2.24, 2.45) is 0 Å². The van der Waals surface area contributed by atoms with E-state index in [9.17, 15) is 8.42 Å². The van der Waals surface area contributed by atoms with Crippen molar-refractivity contribution in [3.63, 3.8) is 0 Å². The van der Waals surface area contributed by atoms with Gasteiger partial charge < -0.3 is 4.42 Å². The second-order valence-electron chi connectivity index (χ2n) is 3.16. The van der Waals surface area contributed by atoms with E-state index in [4.69, 9.17) is 16.0 Å². The fourth-order valence-corrected chi connectivity index (χ4v) is 2.31. The lowest BCUT2D eigenvalue weighted by molar-refractivity contribution is 0.459. The van der Waals surface area contributed by atoms with Gasteiger partial charge in [0.2, 0.25) is 9.84 Å². The highest BCUT2D eigenvalue weighted by Gasteiger charge is 2.20. The van der Waals surface area contributed by atoms with Crippen LogP contribution in [0.5, 0.6) is 0 Å². The molecule has 1 aromatic heterocycles. The highest BCUT2D eigenvalue weighted by Crippen LogP contribution is 2.22. The highest BCUT2D eigenvalue weighted by atomic mass is 35.5. The van der Waals surface area contributed by atoms with Crippen LogP contribution in [0, 0.1) is 0 Å². The van der Waals surface area contributed by atoms with Crippen molar-refractivity contribution >= 4 is 32.5 Å². The summed E-state index contributed by atoms with van der Waals surface area (Å²) in [6.07, 6.45) is 1.29. The van der Waals surface area contributed by atoms with Crippen LogP contribution < -0.4 is 0 Å². The van der Waals surface area contributed by atoms with E-state index in [0.717, 1.165) is 0 Å². The van der Waals surface area contributed by atoms with E-state index in [2.05, 4.69) is 11.6 Å². The number of sulfone groups is 1. The summed E-state index contributed by atoms with van der Waals surface area (Å²) in [5.41, 5.74) is 0.821. The van der Waals surface area contributed by atoms with Crippen molar-refractivity contribution in [1.82, 2.24) is 4.98 Å². The normalized spacial score (nSPS) is 11.8. The van der Waals surface area contributed by atoms with Crippen molar-refractivity contribution in [1.29, 1.82) is 0 Å². The van der Waals surface area contributed by atoms with E-state index in [1.165, 1.54) is 12.1 Å². The molecule has 0 fully saturated rings. The van der Waals surface area contributed by atoms with Gasteiger partial charge in [0.1, 0.15) is 5.52 Å². The first kappa shape index (κ1) is 11.2. The molecule has 0 N–H and O–H groups in total. The minimum Gasteiger partial charge on any atom is -0.428 e. The summed E-state index contributed by atoms with van der Waals surface area (Å²) >= 11 is 5.75. The fraction of sp³-hybridized carbons (Fsp3) is 0.100. The smallest absolute Gasteiger partial charge is 0.316 e. The van der Waals surface area contributed by atoms with Gasteiger partial charge in [-0.05, 0) is 12.1 Å². The molecule has 0 unspecified atom stereocenters. The molecule has 0 saturated heterocycles. The van der Waals surface area contributed by atoms with Crippen molar-refractivity contribution in [3.8, 4) is 0 Å². The number of fused-ring (bicyclic) bond motifs is 1. The molecule has 0 spiro atoms. The quantitative estimate of drug-likeness (QED) is 0.793. The number of aromatic nitrogens is 1. The van der Waals surface area contributed by atoms with E-state index in [1.54, 1.807) is 12.1 Å². The Bertz CT molecular complexity index is 645. The third kappa shape index (κ3) is 1.96. The van der Waals surface area contributed by atoms with E-state index in [1.807, 2.05) is 0 Å². The standard InChI is InChI=1S/C10H8ClNO3S/c1-2-5-16(13,14)10-12-8-4-3-7(11)6-9(8)15-10/h2-4,6H,1,5H2. The fourth-order valence-electron chi connectivity index (χ4n) is 1.24. The average molecular weight is 258 g/mol. The van der Waals surface area contributed by atoms with Gasteiger partial charge in [0.15, 0.2) is 5.58 Å². The van der Waals surface area contributed by atoms with Gasteiger partial charge in [-0.15, -0.1) is 6.58 Å². The molecular weight excluding hydrogens is 250 g/mol. The number of halogens is 1. The summed E-state index contributed by atoms with van der Waals surface area (Å²) in [7, 11) is -3.52. The maximum Gasteiger partial charge on any atom is 0.316 e. The second kappa shape index (κ2) is 3.92. The SMILES string of the molecule is C=CCS(=O)(=O)c1nc2ccc(Cl)cc2o1. The van der Waals surface area contributed by atoms with Gasteiger partial charge in [-0.3, -0.25) is 0 Å². The molecule has 4 nitrogen and oxygen atoms in total. The van der Waals surface area contributed by atoms with Crippen molar-refractivity contribution < 1.29 is 12.8 Å². The number of nitrogens with zero attached hydrogens (tertiary/aromatic N) is 1. The zero-order valence-electron chi connectivity index (χ0n) is 8.18. The molecule has 0 saturated carbocycles. The minimum atomic E-state index is -3.52. The van der Waals surface area contributed by atoms with E-state index >= 15 is 0 Å². The Labute approximate surface area is 97.5 Å². The predicted octanol–water partition coefficient (Wildman–Crippen LogP) is 2.44. The molecule has 1 heterocycles. The van der Waals surface area contributed by atoms with Crippen LogP contribution in [-0.2, 0) is 9.84 Å². The number of oxazole rings is 1. The van der Waals surface area contributed by atoms with E-state index in [-0.39, 0.29) is 11.0 Å². The molecule has 0 aliphatic rings. The molecule has 0 aliphatic carbocycles. The number of hydrogen-bond donors (Lipinski definition) is 0. The van der Waals surface area contributed by atoms with Gasteiger partial charge in [0.05, 0.1) is 5.75 Å². The summed E-state index contributed by atoms with van der Waals surface area (Å²) in [4.78, 5) is 3.88. The number of hydrogen-bond acceptors (Lipinski definition) is 4. The van der Waals surface area contributed by atoms with Crippen molar-refractivity contribution in [3.05, 3.63) is 35.9 Å². The molecule has 16 heavy (non-hydrogen) atoms.